The molecule has 1 aromatic rings. The minimum atomic E-state index is -0.825. The number of carbonyl (C=O) groups excluding carboxylic acids is 1. The first-order valence-corrected chi connectivity index (χ1v) is 7.12. The van der Waals surface area contributed by atoms with Crippen LogP contribution in [0.15, 0.2) is 5.38 Å². The van der Waals surface area contributed by atoms with E-state index in [0.717, 1.165) is 12.1 Å². The molecule has 3 N–H and O–H groups in total. The van der Waals surface area contributed by atoms with Gasteiger partial charge in [0.05, 0.1) is 11.3 Å². The topological polar surface area (TPSA) is 74.2 Å². The molecular formula is C12H21N3O2S. The quantitative estimate of drug-likeness (QED) is 0.743. The predicted octanol–water partition coefficient (Wildman–Crippen LogP) is 2.38. The van der Waals surface area contributed by atoms with Crippen molar-refractivity contribution >= 4 is 22.5 Å². The fraction of sp³-hybridized carbons (Fsp3) is 0.667. The van der Waals surface area contributed by atoms with Crippen molar-refractivity contribution in [1.29, 1.82) is 0 Å². The fourth-order valence-corrected chi connectivity index (χ4v) is 2.20. The van der Waals surface area contributed by atoms with E-state index in [1.807, 2.05) is 26.2 Å². The van der Waals surface area contributed by atoms with Crippen LogP contribution in [0.25, 0.3) is 0 Å². The van der Waals surface area contributed by atoms with Gasteiger partial charge in [-0.1, -0.05) is 20.8 Å². The number of urea groups is 1. The molecule has 0 atom stereocenters. The Morgan fingerprint density at radius 3 is 2.61 bits per heavy atom. The van der Waals surface area contributed by atoms with Gasteiger partial charge in [-0.3, -0.25) is 5.32 Å². The summed E-state index contributed by atoms with van der Waals surface area (Å²) in [7, 11) is 0. The van der Waals surface area contributed by atoms with E-state index in [0.29, 0.717) is 18.0 Å². The van der Waals surface area contributed by atoms with Gasteiger partial charge in [-0.2, -0.15) is 0 Å². The highest BCUT2D eigenvalue weighted by molar-refractivity contribution is 7.13. The SMILES string of the molecule is CCc1csc(NC(=O)NCC(O)(CC)CC)n1. The molecule has 2 amide bonds. The molecule has 6 heteroatoms. The second kappa shape index (κ2) is 6.70. The lowest BCUT2D eigenvalue weighted by molar-refractivity contribution is 0.0354. The largest absolute Gasteiger partial charge is 0.388 e. The van der Waals surface area contributed by atoms with E-state index >= 15 is 0 Å². The summed E-state index contributed by atoms with van der Waals surface area (Å²) in [6, 6.07) is -0.327. The third kappa shape index (κ3) is 4.27. The van der Waals surface area contributed by atoms with Crippen molar-refractivity contribution in [3.8, 4) is 0 Å². The van der Waals surface area contributed by atoms with Crippen LogP contribution in [0, 0.1) is 0 Å². The molecule has 1 rings (SSSR count). The summed E-state index contributed by atoms with van der Waals surface area (Å²) in [4.78, 5) is 15.9. The number of thiazole rings is 1. The molecule has 0 bridgehead atoms. The number of aryl methyl sites for hydroxylation is 1. The Balaban J connectivity index is 2.42. The van der Waals surface area contributed by atoms with Crippen LogP contribution in [0.3, 0.4) is 0 Å². The highest BCUT2D eigenvalue weighted by Gasteiger charge is 2.22. The number of hydrogen-bond acceptors (Lipinski definition) is 4. The van der Waals surface area contributed by atoms with Crippen molar-refractivity contribution in [2.75, 3.05) is 11.9 Å². The monoisotopic (exact) mass is 271 g/mol. The average Bonchev–Trinajstić information content (AvgIpc) is 2.83. The third-order valence-electron chi connectivity index (χ3n) is 3.03. The zero-order chi connectivity index (χ0) is 13.6. The van der Waals surface area contributed by atoms with E-state index in [-0.39, 0.29) is 12.6 Å². The van der Waals surface area contributed by atoms with Gasteiger partial charge in [0.25, 0.3) is 0 Å². The van der Waals surface area contributed by atoms with Gasteiger partial charge in [-0.15, -0.1) is 11.3 Å². The van der Waals surface area contributed by atoms with E-state index in [2.05, 4.69) is 15.6 Å². The van der Waals surface area contributed by atoms with Crippen LogP contribution in [0.1, 0.15) is 39.3 Å². The smallest absolute Gasteiger partial charge is 0.321 e. The van der Waals surface area contributed by atoms with E-state index < -0.39 is 5.60 Å². The number of nitrogens with zero attached hydrogens (tertiary/aromatic N) is 1. The molecule has 0 saturated carbocycles. The molecule has 0 spiro atoms. The number of anilines is 1. The van der Waals surface area contributed by atoms with Crippen molar-refractivity contribution in [2.45, 2.75) is 45.6 Å². The molecule has 5 nitrogen and oxygen atoms in total. The molecule has 0 aliphatic carbocycles. The van der Waals surface area contributed by atoms with Gasteiger partial charge in [-0.05, 0) is 19.3 Å². The average molecular weight is 271 g/mol. The van der Waals surface area contributed by atoms with E-state index in [9.17, 15) is 9.90 Å². The molecule has 0 radical (unpaired) electrons. The number of nitrogens with one attached hydrogen (secondary N) is 2. The Morgan fingerprint density at radius 2 is 2.11 bits per heavy atom. The third-order valence-corrected chi connectivity index (χ3v) is 3.84. The first kappa shape index (κ1) is 14.9. The number of carbonyl (C=O) groups is 1. The normalized spacial score (nSPS) is 11.3. The summed E-state index contributed by atoms with van der Waals surface area (Å²) >= 11 is 1.40. The van der Waals surface area contributed by atoms with Crippen LogP contribution < -0.4 is 10.6 Å². The molecule has 0 aliphatic heterocycles. The molecule has 1 heterocycles. The maximum absolute atomic E-state index is 11.6. The number of amides is 2. The minimum absolute atomic E-state index is 0.248. The molecule has 1 aromatic heterocycles. The van der Waals surface area contributed by atoms with Crippen molar-refractivity contribution in [1.82, 2.24) is 10.3 Å². The molecular weight excluding hydrogens is 250 g/mol. The second-order valence-electron chi connectivity index (χ2n) is 4.24. The Kier molecular flexibility index (Phi) is 5.55. The van der Waals surface area contributed by atoms with Crippen LogP contribution in [0.4, 0.5) is 9.93 Å². The van der Waals surface area contributed by atoms with E-state index in [1.165, 1.54) is 11.3 Å². The number of aromatic nitrogens is 1. The Morgan fingerprint density at radius 1 is 1.44 bits per heavy atom. The Labute approximate surface area is 112 Å². The summed E-state index contributed by atoms with van der Waals surface area (Å²) in [5, 5.41) is 17.9. The molecule has 102 valence electrons. The molecule has 0 aromatic carbocycles. The van der Waals surface area contributed by atoms with Gasteiger partial charge in [0.1, 0.15) is 0 Å². The summed E-state index contributed by atoms with van der Waals surface area (Å²) < 4.78 is 0. The number of aliphatic hydroxyl groups is 1. The lowest BCUT2D eigenvalue weighted by atomic mass is 9.98. The maximum atomic E-state index is 11.6. The van der Waals surface area contributed by atoms with Crippen LogP contribution in [0.5, 0.6) is 0 Å². The van der Waals surface area contributed by atoms with Crippen molar-refractivity contribution in [3.05, 3.63) is 11.1 Å². The lowest BCUT2D eigenvalue weighted by Gasteiger charge is -2.25. The van der Waals surface area contributed by atoms with E-state index in [1.54, 1.807) is 0 Å². The van der Waals surface area contributed by atoms with Crippen LogP contribution in [-0.2, 0) is 6.42 Å². The van der Waals surface area contributed by atoms with Crippen molar-refractivity contribution < 1.29 is 9.90 Å². The highest BCUT2D eigenvalue weighted by atomic mass is 32.1. The molecule has 0 fully saturated rings. The van der Waals surface area contributed by atoms with Crippen molar-refractivity contribution in [2.24, 2.45) is 0 Å². The van der Waals surface area contributed by atoms with Crippen molar-refractivity contribution in [3.63, 3.8) is 0 Å². The maximum Gasteiger partial charge on any atom is 0.321 e. The molecule has 0 aliphatic rings. The lowest BCUT2D eigenvalue weighted by Crippen LogP contribution is -2.43. The van der Waals surface area contributed by atoms with Crippen LogP contribution >= 0.6 is 11.3 Å². The summed E-state index contributed by atoms with van der Waals surface area (Å²) in [6.45, 7) is 6.06. The predicted molar refractivity (Wildman–Crippen MR) is 74.0 cm³/mol. The van der Waals surface area contributed by atoms with Gasteiger partial charge >= 0.3 is 6.03 Å². The van der Waals surface area contributed by atoms with E-state index in [4.69, 9.17) is 0 Å². The molecule has 18 heavy (non-hydrogen) atoms. The van der Waals surface area contributed by atoms with Gasteiger partial charge in [-0.25, -0.2) is 9.78 Å². The zero-order valence-electron chi connectivity index (χ0n) is 11.1. The minimum Gasteiger partial charge on any atom is -0.388 e. The van der Waals surface area contributed by atoms with Crippen LogP contribution in [0.2, 0.25) is 0 Å². The number of hydrogen-bond donors (Lipinski definition) is 3. The summed E-state index contributed by atoms with van der Waals surface area (Å²) in [5.41, 5.74) is 0.142. The molecule has 0 saturated heterocycles. The first-order valence-electron chi connectivity index (χ1n) is 6.24. The van der Waals surface area contributed by atoms with Gasteiger partial charge in [0.2, 0.25) is 0 Å². The number of rotatable bonds is 6. The summed E-state index contributed by atoms with van der Waals surface area (Å²) in [5.74, 6) is 0. The highest BCUT2D eigenvalue weighted by Crippen LogP contribution is 2.16. The van der Waals surface area contributed by atoms with Gasteiger partial charge in [0.15, 0.2) is 5.13 Å². The standard InChI is InChI=1S/C12H21N3O2S/c1-4-9-7-18-11(14-9)15-10(16)13-8-12(17,5-2)6-3/h7,17H,4-6,8H2,1-3H3,(H2,13,14,15,16). The Bertz CT molecular complexity index is 388. The summed E-state index contributed by atoms with van der Waals surface area (Å²) in [6.07, 6.45) is 2.08. The fourth-order valence-electron chi connectivity index (χ4n) is 1.41. The molecule has 0 unspecified atom stereocenters. The first-order chi connectivity index (χ1) is 8.53. The zero-order valence-corrected chi connectivity index (χ0v) is 11.9. The Hall–Kier alpha value is -1.14. The van der Waals surface area contributed by atoms with Gasteiger partial charge < -0.3 is 10.4 Å². The van der Waals surface area contributed by atoms with Crippen LogP contribution in [-0.4, -0.2) is 28.3 Å². The van der Waals surface area contributed by atoms with Gasteiger partial charge in [0, 0.05) is 11.9 Å². The second-order valence-corrected chi connectivity index (χ2v) is 5.09.